The maximum Gasteiger partial charge on any atom is -0.0623 e. The fourth-order valence-corrected chi connectivity index (χ4v) is 0.770. The van der Waals surface area contributed by atoms with E-state index in [0.717, 1.165) is 0 Å². The molecule has 2 aromatic carbocycles. The molecule has 0 atom stereocenters. The molecule has 0 aromatic heterocycles. The van der Waals surface area contributed by atoms with Gasteiger partial charge in [0, 0.05) is 0 Å². The molecule has 0 bridgehead atoms. The summed E-state index contributed by atoms with van der Waals surface area (Å²) in [5, 5.41) is 0. The summed E-state index contributed by atoms with van der Waals surface area (Å²) in [4.78, 5) is 0. The maximum atomic E-state index is 8.87. The van der Waals surface area contributed by atoms with Gasteiger partial charge >= 0.3 is 31.1 Å². The zero-order chi connectivity index (χ0) is 13.0. The van der Waals surface area contributed by atoms with Crippen LogP contribution in [0.5, 0.6) is 0 Å². The summed E-state index contributed by atoms with van der Waals surface area (Å²) in [7, 11) is 0. The Morgan fingerprint density at radius 3 is 0.588 bits per heavy atom. The molecule has 0 radical (unpaired) electrons. The van der Waals surface area contributed by atoms with Gasteiger partial charge in [0.1, 0.15) is 0 Å². The van der Waals surface area contributed by atoms with E-state index in [4.69, 9.17) is 14.3 Å². The average molecular weight is 406 g/mol. The molecule has 0 amide bonds. The molecule has 2 aromatic rings. The molecule has 0 fully saturated rings. The van der Waals surface area contributed by atoms with Crippen molar-refractivity contribution in [2.45, 2.75) is 0 Å². The van der Waals surface area contributed by atoms with Gasteiger partial charge in [-0.15, -0.1) is 0 Å². The number of rotatable bonds is 0. The Morgan fingerprint density at radius 1 is 0.471 bits per heavy atom. The topological polar surface area (TPSA) is 74.6 Å². The second-order valence-electron chi connectivity index (χ2n) is 2.76. The molecular formula is C12H14O4W. The molecule has 0 saturated heterocycles. The van der Waals surface area contributed by atoms with E-state index in [2.05, 4.69) is 0 Å². The van der Waals surface area contributed by atoms with Crippen LogP contribution < -0.4 is 0 Å². The van der Waals surface area contributed by atoms with Crippen LogP contribution in [0, 0.1) is 0 Å². The van der Waals surface area contributed by atoms with Crippen LogP contribution in [-0.2, 0) is 23.5 Å². The standard InChI is InChI=1S/2C6H6.2H2O.2O.W/c2*1-2-4-6-5-3-1;;;;;/h2*1-6H;2*1H2;;;/q;;;;;;+2/p-2. The molecular weight excluding hydrogens is 392 g/mol. The molecule has 0 unspecified atom stereocenters. The molecule has 0 saturated carbocycles. The van der Waals surface area contributed by atoms with E-state index < -0.39 is 16.7 Å². The van der Waals surface area contributed by atoms with Crippen molar-refractivity contribution in [2.24, 2.45) is 0 Å². The van der Waals surface area contributed by atoms with Gasteiger partial charge in [0.05, 0.1) is 0 Å². The van der Waals surface area contributed by atoms with Crippen LogP contribution in [0.1, 0.15) is 0 Å². The minimum atomic E-state index is -5.67. The van der Waals surface area contributed by atoms with Gasteiger partial charge in [-0.1, -0.05) is 72.8 Å². The van der Waals surface area contributed by atoms with E-state index in [-0.39, 0.29) is 0 Å². The number of hydrogen-bond donors (Lipinski definition) is 2. The fraction of sp³-hybridized carbons (Fsp3) is 0. The molecule has 0 heterocycles. The third-order valence-corrected chi connectivity index (χ3v) is 1.33. The largest absolute Gasteiger partial charge is 0.0623 e. The van der Waals surface area contributed by atoms with Gasteiger partial charge in [-0.2, -0.15) is 0 Å². The normalized spacial score (nSPS) is 9.06. The van der Waals surface area contributed by atoms with Crippen molar-refractivity contribution in [3.63, 3.8) is 0 Å². The first-order valence-electron chi connectivity index (χ1n) is 4.70. The average Bonchev–Trinajstić information content (AvgIpc) is 2.32. The van der Waals surface area contributed by atoms with Crippen molar-refractivity contribution >= 4 is 0 Å². The summed E-state index contributed by atoms with van der Waals surface area (Å²) >= 11 is -5.67. The van der Waals surface area contributed by atoms with E-state index >= 15 is 0 Å². The molecule has 4 nitrogen and oxygen atoms in total. The maximum absolute atomic E-state index is 8.87. The third kappa shape index (κ3) is 20.7. The Bertz CT molecular complexity index is 361. The number of benzene rings is 2. The first-order chi connectivity index (χ1) is 8.00. The van der Waals surface area contributed by atoms with Crippen LogP contribution in [0.2, 0.25) is 0 Å². The summed E-state index contributed by atoms with van der Waals surface area (Å²) in [6.07, 6.45) is 0. The smallest absolute Gasteiger partial charge is 0.0623 e. The van der Waals surface area contributed by atoms with Crippen molar-refractivity contribution in [1.82, 2.24) is 0 Å². The van der Waals surface area contributed by atoms with E-state index in [1.807, 2.05) is 72.8 Å². The summed E-state index contributed by atoms with van der Waals surface area (Å²) < 4.78 is 32.1. The van der Waals surface area contributed by atoms with Gasteiger partial charge in [-0.3, -0.25) is 0 Å². The quantitative estimate of drug-likeness (QED) is 0.703. The second kappa shape index (κ2) is 9.84. The van der Waals surface area contributed by atoms with Crippen LogP contribution in [0.3, 0.4) is 0 Å². The van der Waals surface area contributed by atoms with Crippen molar-refractivity contribution in [1.29, 1.82) is 0 Å². The Balaban J connectivity index is 0.000000228. The molecule has 0 aliphatic heterocycles. The molecule has 0 aliphatic carbocycles. The summed E-state index contributed by atoms with van der Waals surface area (Å²) in [6, 6.07) is 24.0. The van der Waals surface area contributed by atoms with Crippen LogP contribution >= 0.6 is 0 Å². The predicted molar refractivity (Wildman–Crippen MR) is 58.7 cm³/mol. The minimum Gasteiger partial charge on any atom is -0.0623 e. The Morgan fingerprint density at radius 2 is 0.529 bits per heavy atom. The van der Waals surface area contributed by atoms with E-state index in [1.165, 1.54) is 0 Å². The zero-order valence-corrected chi connectivity index (χ0v) is 12.0. The van der Waals surface area contributed by atoms with Crippen molar-refractivity contribution in [2.75, 3.05) is 0 Å². The van der Waals surface area contributed by atoms with Crippen LogP contribution in [0.25, 0.3) is 0 Å². The van der Waals surface area contributed by atoms with E-state index in [9.17, 15) is 0 Å². The molecule has 2 rings (SSSR count). The third-order valence-electron chi connectivity index (χ3n) is 1.33. The van der Waals surface area contributed by atoms with Gasteiger partial charge < -0.3 is 0 Å². The first-order valence-corrected chi connectivity index (χ1v) is 9.72. The monoisotopic (exact) mass is 406 g/mol. The Labute approximate surface area is 104 Å². The molecule has 5 heteroatoms. The SMILES string of the molecule is [O]=[W](=[O])([OH])[OH].c1ccccc1.c1ccccc1. The first kappa shape index (κ1) is 15.6. The van der Waals surface area contributed by atoms with Gasteiger partial charge in [0.15, 0.2) is 0 Å². The summed E-state index contributed by atoms with van der Waals surface area (Å²) in [5.74, 6) is 0. The van der Waals surface area contributed by atoms with Crippen LogP contribution in [-0.4, -0.2) is 7.52 Å². The molecule has 2 N–H and O–H groups in total. The summed E-state index contributed by atoms with van der Waals surface area (Å²) in [6.45, 7) is 0. The van der Waals surface area contributed by atoms with Gasteiger partial charge in [0.2, 0.25) is 0 Å². The van der Waals surface area contributed by atoms with Gasteiger partial charge in [0.25, 0.3) is 0 Å². The van der Waals surface area contributed by atoms with E-state index in [1.54, 1.807) is 0 Å². The Kier molecular flexibility index (Phi) is 9.06. The van der Waals surface area contributed by atoms with Crippen LogP contribution in [0.4, 0.5) is 0 Å². The second-order valence-corrected chi connectivity index (χ2v) is 5.98. The van der Waals surface area contributed by atoms with Crippen molar-refractivity contribution in [3.05, 3.63) is 72.8 Å². The fourth-order valence-electron chi connectivity index (χ4n) is 0.770. The van der Waals surface area contributed by atoms with Gasteiger partial charge in [-0.25, -0.2) is 0 Å². The zero-order valence-electron chi connectivity index (χ0n) is 9.05. The van der Waals surface area contributed by atoms with E-state index in [0.29, 0.717) is 0 Å². The summed E-state index contributed by atoms with van der Waals surface area (Å²) in [5.41, 5.74) is 0. The van der Waals surface area contributed by atoms with Crippen LogP contribution in [0.15, 0.2) is 72.8 Å². The van der Waals surface area contributed by atoms with Crippen molar-refractivity contribution < 1.29 is 31.1 Å². The molecule has 17 heavy (non-hydrogen) atoms. The van der Waals surface area contributed by atoms with Gasteiger partial charge in [-0.05, 0) is 0 Å². The molecule has 92 valence electrons. The predicted octanol–water partition coefficient (Wildman–Crippen LogP) is 2.02. The molecule has 0 aliphatic rings. The number of hydrogen-bond acceptors (Lipinski definition) is 2. The molecule has 0 spiro atoms. The minimum absolute atomic E-state index is 2.00. The Hall–Kier alpha value is -1.35. The van der Waals surface area contributed by atoms with Crippen molar-refractivity contribution in [3.8, 4) is 0 Å².